The fraction of sp³-hybridized carbons (Fsp3) is 0.722. The number of piperidine rings is 1. The third kappa shape index (κ3) is 4.86. The molecule has 6 rings (SSSR count). The molecule has 1 heterocycles. The van der Waals surface area contributed by atoms with E-state index in [4.69, 9.17) is 4.74 Å². The summed E-state index contributed by atoms with van der Waals surface area (Å²) in [5, 5.41) is 7.34. The lowest BCUT2D eigenvalue weighted by Crippen LogP contribution is -2.45. The largest absolute Gasteiger partial charge is 0.483 e. The molecule has 2 N–H and O–H groups in total. The number of likely N-dealkylation sites (tertiary alicyclic amines) is 1. The maximum Gasteiger partial charge on any atom is 0.178 e. The first-order chi connectivity index (χ1) is 19.3. The van der Waals surface area contributed by atoms with E-state index < -0.39 is 0 Å². The van der Waals surface area contributed by atoms with E-state index in [1.807, 2.05) is 0 Å². The summed E-state index contributed by atoms with van der Waals surface area (Å²) >= 11 is 0. The monoisotopic (exact) mass is 545 g/mol. The summed E-state index contributed by atoms with van der Waals surface area (Å²) < 4.78 is 5.22. The third-order valence-electron chi connectivity index (χ3n) is 12.6. The van der Waals surface area contributed by atoms with Gasteiger partial charge in [0.15, 0.2) is 5.88 Å². The Labute approximate surface area is 244 Å². The lowest BCUT2D eigenvalue weighted by atomic mass is 9.56. The van der Waals surface area contributed by atoms with Crippen LogP contribution in [-0.2, 0) is 4.74 Å². The molecule has 1 saturated heterocycles. The average molecular weight is 546 g/mol. The number of hydrogen-bond donors (Lipinski definition) is 2. The summed E-state index contributed by atoms with van der Waals surface area (Å²) in [5.41, 5.74) is 5.79. The van der Waals surface area contributed by atoms with E-state index >= 15 is 0 Å². The molecule has 0 amide bonds. The van der Waals surface area contributed by atoms with E-state index in [0.29, 0.717) is 29.2 Å². The number of methoxy groups -OCH3 is 1. The van der Waals surface area contributed by atoms with Crippen LogP contribution in [0.15, 0.2) is 43.1 Å². The Bertz CT molecular complexity index is 1110. The molecular weight excluding hydrogens is 490 g/mol. The SMILES string of the molecule is C=C(NCCC[C@@H](c1cc(C)ccc1C)[C@@H]1CCCN(C(=C)N[C@H](CC)CC23CC4CC5CC2CC54C3)C1)OC. The maximum absolute atomic E-state index is 5.22. The predicted molar refractivity (Wildman–Crippen MR) is 166 cm³/mol. The van der Waals surface area contributed by atoms with Crippen LogP contribution in [0.4, 0.5) is 0 Å². The van der Waals surface area contributed by atoms with Crippen molar-refractivity contribution in [2.45, 2.75) is 103 Å². The van der Waals surface area contributed by atoms with Crippen LogP contribution in [0.3, 0.4) is 0 Å². The van der Waals surface area contributed by atoms with Crippen LogP contribution < -0.4 is 10.6 Å². The standard InChI is InChI=1S/C36H55N3O/c1-7-32(21-35-19-31-18-29-17-30(35)20-36(29,31)23-35)38-26(4)39-15-9-10-28(22-39)33(11-8-14-37-27(5)40-6)34-16-24(2)12-13-25(34)3/h12-13,16,28-33,37-38H,4-5,7-11,14-15,17-23H2,1-3,6H3/t28-,29?,30?,31?,32-,33-,35?,36?/m1/s1. The molecular formula is C36H55N3O. The fourth-order valence-corrected chi connectivity index (χ4v) is 10.6. The second-order valence-corrected chi connectivity index (χ2v) is 14.7. The van der Waals surface area contributed by atoms with E-state index in [-0.39, 0.29) is 0 Å². The van der Waals surface area contributed by atoms with Gasteiger partial charge in [0.05, 0.1) is 12.9 Å². The number of ether oxygens (including phenoxy) is 1. The first-order valence-corrected chi connectivity index (χ1v) is 16.5. The molecule has 4 nitrogen and oxygen atoms in total. The summed E-state index contributed by atoms with van der Waals surface area (Å²) in [6, 6.07) is 7.60. The molecule has 4 aliphatic carbocycles. The zero-order valence-corrected chi connectivity index (χ0v) is 25.9. The minimum absolute atomic E-state index is 0.559. The number of rotatable bonds is 14. The Balaban J connectivity index is 1.10. The normalized spacial score (nSPS) is 34.8. The summed E-state index contributed by atoms with van der Waals surface area (Å²) in [5.74, 6) is 6.25. The second kappa shape index (κ2) is 11.0. The fourth-order valence-electron chi connectivity index (χ4n) is 10.6. The van der Waals surface area contributed by atoms with Crippen molar-refractivity contribution >= 4 is 0 Å². The Hall–Kier alpha value is -2.10. The van der Waals surface area contributed by atoms with Gasteiger partial charge in [-0.25, -0.2) is 0 Å². The van der Waals surface area contributed by atoms with E-state index in [0.717, 1.165) is 49.2 Å². The van der Waals surface area contributed by atoms with Gasteiger partial charge in [-0.1, -0.05) is 37.3 Å². The van der Waals surface area contributed by atoms with E-state index in [1.54, 1.807) is 38.4 Å². The third-order valence-corrected chi connectivity index (χ3v) is 12.6. The number of hydrogen-bond acceptors (Lipinski definition) is 4. The van der Waals surface area contributed by atoms with Gasteiger partial charge in [-0.2, -0.15) is 0 Å². The second-order valence-electron chi connectivity index (χ2n) is 14.7. The van der Waals surface area contributed by atoms with Gasteiger partial charge in [-0.3, -0.25) is 0 Å². The van der Waals surface area contributed by atoms with E-state index in [2.05, 4.69) is 67.7 Å². The van der Waals surface area contributed by atoms with Crippen molar-refractivity contribution in [1.29, 1.82) is 0 Å². The van der Waals surface area contributed by atoms with Gasteiger partial charge in [0.25, 0.3) is 0 Å². The number of fused-ring (bicyclic) bond motifs is 3. The molecule has 1 aliphatic heterocycles. The molecule has 0 radical (unpaired) electrons. The zero-order chi connectivity index (χ0) is 28.1. The average Bonchev–Trinajstić information content (AvgIpc) is 3.45. The topological polar surface area (TPSA) is 36.5 Å². The zero-order valence-electron chi connectivity index (χ0n) is 25.9. The van der Waals surface area contributed by atoms with Gasteiger partial charge < -0.3 is 20.3 Å². The van der Waals surface area contributed by atoms with Crippen LogP contribution in [0.1, 0.15) is 100 Å². The van der Waals surface area contributed by atoms with E-state index in [9.17, 15) is 0 Å². The van der Waals surface area contributed by atoms with Crippen molar-refractivity contribution in [2.24, 2.45) is 34.5 Å². The molecule has 1 aromatic rings. The molecule has 220 valence electrons. The molecule has 1 aromatic carbocycles. The van der Waals surface area contributed by atoms with Gasteiger partial charge in [-0.05, 0) is 143 Å². The van der Waals surface area contributed by atoms with Crippen LogP contribution >= 0.6 is 0 Å². The van der Waals surface area contributed by atoms with Crippen LogP contribution in [0.25, 0.3) is 0 Å². The van der Waals surface area contributed by atoms with Crippen molar-refractivity contribution in [3.05, 3.63) is 59.8 Å². The number of benzene rings is 1. The highest BCUT2D eigenvalue weighted by Gasteiger charge is 2.75. The van der Waals surface area contributed by atoms with Crippen LogP contribution in [0.2, 0.25) is 0 Å². The van der Waals surface area contributed by atoms with Crippen LogP contribution in [0.5, 0.6) is 0 Å². The molecule has 0 aromatic heterocycles. The highest BCUT2D eigenvalue weighted by Crippen LogP contribution is 2.84. The lowest BCUT2D eigenvalue weighted by molar-refractivity contribution is 0.00396. The van der Waals surface area contributed by atoms with Crippen molar-refractivity contribution in [1.82, 2.24) is 15.5 Å². The molecule has 5 aliphatic rings. The lowest BCUT2D eigenvalue weighted by Gasteiger charge is -2.48. The summed E-state index contributed by atoms with van der Waals surface area (Å²) in [7, 11) is 1.68. The van der Waals surface area contributed by atoms with Gasteiger partial charge in [0.2, 0.25) is 0 Å². The van der Waals surface area contributed by atoms with Gasteiger partial charge in [0.1, 0.15) is 0 Å². The molecule has 4 heteroatoms. The minimum atomic E-state index is 0.559. The summed E-state index contributed by atoms with van der Waals surface area (Å²) in [4.78, 5) is 2.60. The van der Waals surface area contributed by atoms with Gasteiger partial charge in [-0.15, -0.1) is 0 Å². The Morgan fingerprint density at radius 1 is 1.15 bits per heavy atom. The quantitative estimate of drug-likeness (QED) is 0.186. The first kappa shape index (κ1) is 28.0. The molecule has 4 saturated carbocycles. The van der Waals surface area contributed by atoms with Crippen molar-refractivity contribution in [2.75, 3.05) is 26.7 Å². The van der Waals surface area contributed by atoms with Crippen molar-refractivity contribution < 1.29 is 4.74 Å². The Kier molecular flexibility index (Phi) is 7.68. The van der Waals surface area contributed by atoms with E-state index in [1.165, 1.54) is 55.5 Å². The van der Waals surface area contributed by atoms with Gasteiger partial charge in [0, 0.05) is 25.7 Å². The number of nitrogens with zero attached hydrogens (tertiary/aromatic N) is 1. The van der Waals surface area contributed by atoms with Crippen LogP contribution in [-0.4, -0.2) is 37.7 Å². The van der Waals surface area contributed by atoms with Crippen molar-refractivity contribution in [3.63, 3.8) is 0 Å². The first-order valence-electron chi connectivity index (χ1n) is 16.5. The number of nitrogens with one attached hydrogen (secondary N) is 2. The van der Waals surface area contributed by atoms with Crippen molar-refractivity contribution in [3.8, 4) is 0 Å². The minimum Gasteiger partial charge on any atom is -0.483 e. The maximum atomic E-state index is 5.22. The Morgan fingerprint density at radius 2 is 1.98 bits per heavy atom. The molecule has 5 unspecified atom stereocenters. The smallest absolute Gasteiger partial charge is 0.178 e. The van der Waals surface area contributed by atoms with Gasteiger partial charge >= 0.3 is 0 Å². The molecule has 5 fully saturated rings. The van der Waals surface area contributed by atoms with Crippen LogP contribution in [0, 0.1) is 48.3 Å². The molecule has 1 spiro atoms. The summed E-state index contributed by atoms with van der Waals surface area (Å²) in [6.45, 7) is 18.7. The number of aryl methyl sites for hydroxylation is 2. The highest BCUT2D eigenvalue weighted by atomic mass is 16.5. The molecule has 3 bridgehead atoms. The molecule has 40 heavy (non-hydrogen) atoms. The predicted octanol–water partition coefficient (Wildman–Crippen LogP) is 7.64. The molecule has 8 atom stereocenters. The Morgan fingerprint density at radius 3 is 2.75 bits per heavy atom. The highest BCUT2D eigenvalue weighted by molar-refractivity contribution is 5.34. The summed E-state index contributed by atoms with van der Waals surface area (Å²) in [6.07, 6.45) is 15.2.